The zero-order chi connectivity index (χ0) is 11.1. The van der Waals surface area contributed by atoms with Crippen LogP contribution in [0.15, 0.2) is 24.4 Å². The number of carbonyl (C=O) groups excluding carboxylic acids is 1. The lowest BCUT2D eigenvalue weighted by Crippen LogP contribution is -2.24. The zero-order valence-corrected chi connectivity index (χ0v) is 9.24. The number of amides is 1. The van der Waals surface area contributed by atoms with Crippen LogP contribution in [0.4, 0.5) is 5.69 Å². The maximum Gasteiger partial charge on any atom is 0.228 e. The molecule has 0 aliphatic carbocycles. The van der Waals surface area contributed by atoms with Crippen LogP contribution in [0.3, 0.4) is 0 Å². The van der Waals surface area contributed by atoms with Crippen molar-refractivity contribution in [1.82, 2.24) is 10.2 Å². The molecule has 3 rings (SSSR count). The number of aromatic amines is 1. The van der Waals surface area contributed by atoms with Gasteiger partial charge in [-0.2, -0.15) is 5.10 Å². The van der Waals surface area contributed by atoms with Gasteiger partial charge in [0.25, 0.3) is 0 Å². The number of hydrogen-bond acceptors (Lipinski definition) is 2. The molecule has 0 saturated carbocycles. The fourth-order valence-electron chi connectivity index (χ4n) is 2.08. The number of halogens is 1. The van der Waals surface area contributed by atoms with E-state index in [1.54, 1.807) is 11.1 Å². The Morgan fingerprint density at radius 1 is 1.50 bits per heavy atom. The summed E-state index contributed by atoms with van der Waals surface area (Å²) in [5.41, 5.74) is 1.75. The second kappa shape index (κ2) is 3.49. The van der Waals surface area contributed by atoms with E-state index >= 15 is 0 Å². The minimum absolute atomic E-state index is 0.0714. The molecule has 5 heteroatoms. The van der Waals surface area contributed by atoms with Crippen molar-refractivity contribution >= 4 is 34.1 Å². The molecule has 1 unspecified atom stereocenters. The van der Waals surface area contributed by atoms with Gasteiger partial charge < -0.3 is 4.90 Å². The molecule has 1 aromatic heterocycles. The molecule has 2 heterocycles. The van der Waals surface area contributed by atoms with Crippen molar-refractivity contribution in [3.05, 3.63) is 24.4 Å². The highest BCUT2D eigenvalue weighted by Crippen LogP contribution is 2.29. The number of H-pyrrole nitrogens is 1. The fraction of sp³-hybridized carbons (Fsp3) is 0.273. The highest BCUT2D eigenvalue weighted by atomic mass is 35.5. The quantitative estimate of drug-likeness (QED) is 0.768. The van der Waals surface area contributed by atoms with Gasteiger partial charge in [-0.3, -0.25) is 9.89 Å². The van der Waals surface area contributed by atoms with E-state index in [1.807, 2.05) is 18.2 Å². The number of rotatable bonds is 1. The third-order valence-electron chi connectivity index (χ3n) is 2.82. The molecular weight excluding hydrogens is 226 g/mol. The Balaban J connectivity index is 2.12. The van der Waals surface area contributed by atoms with Crippen molar-refractivity contribution < 1.29 is 4.79 Å². The molecule has 0 bridgehead atoms. The Kier molecular flexibility index (Phi) is 2.11. The SMILES string of the molecule is O=C1CC(Cl)CN1c1cccc2cn[nH]c12. The van der Waals surface area contributed by atoms with Gasteiger partial charge in [-0.15, -0.1) is 11.6 Å². The molecule has 1 fully saturated rings. The molecule has 1 aliphatic rings. The van der Waals surface area contributed by atoms with Crippen LogP contribution in [0, 0.1) is 0 Å². The van der Waals surface area contributed by atoms with Crippen molar-refractivity contribution in [3.8, 4) is 0 Å². The first-order chi connectivity index (χ1) is 7.75. The molecule has 2 aromatic rings. The van der Waals surface area contributed by atoms with Crippen LogP contribution >= 0.6 is 11.6 Å². The number of para-hydroxylation sites is 1. The molecule has 0 radical (unpaired) electrons. The van der Waals surface area contributed by atoms with Gasteiger partial charge in [-0.1, -0.05) is 12.1 Å². The van der Waals surface area contributed by atoms with Crippen molar-refractivity contribution in [2.45, 2.75) is 11.8 Å². The first-order valence-electron chi connectivity index (χ1n) is 5.12. The van der Waals surface area contributed by atoms with E-state index in [4.69, 9.17) is 11.6 Å². The number of benzene rings is 1. The number of alkyl halides is 1. The molecule has 1 N–H and O–H groups in total. The predicted molar refractivity (Wildman–Crippen MR) is 62.7 cm³/mol. The lowest BCUT2D eigenvalue weighted by Gasteiger charge is -2.16. The highest BCUT2D eigenvalue weighted by Gasteiger charge is 2.30. The van der Waals surface area contributed by atoms with Crippen LogP contribution in [-0.4, -0.2) is 28.0 Å². The van der Waals surface area contributed by atoms with Crippen molar-refractivity contribution in [3.63, 3.8) is 0 Å². The second-order valence-corrected chi connectivity index (χ2v) is 4.53. The summed E-state index contributed by atoms with van der Waals surface area (Å²) in [6, 6.07) is 5.79. The number of anilines is 1. The molecular formula is C11H10ClN3O. The smallest absolute Gasteiger partial charge is 0.228 e. The molecule has 1 atom stereocenters. The van der Waals surface area contributed by atoms with Crippen LogP contribution in [0.1, 0.15) is 6.42 Å². The molecule has 16 heavy (non-hydrogen) atoms. The molecule has 1 aliphatic heterocycles. The summed E-state index contributed by atoms with van der Waals surface area (Å²) in [5, 5.41) is 7.81. The van der Waals surface area contributed by atoms with Crippen LogP contribution in [0.2, 0.25) is 0 Å². The average Bonchev–Trinajstić information content (AvgIpc) is 2.84. The van der Waals surface area contributed by atoms with Gasteiger partial charge in [0.1, 0.15) is 0 Å². The van der Waals surface area contributed by atoms with E-state index in [0.29, 0.717) is 13.0 Å². The number of nitrogens with zero attached hydrogens (tertiary/aromatic N) is 2. The minimum atomic E-state index is -0.0920. The van der Waals surface area contributed by atoms with Crippen molar-refractivity contribution in [1.29, 1.82) is 0 Å². The lowest BCUT2D eigenvalue weighted by molar-refractivity contribution is -0.117. The topological polar surface area (TPSA) is 49.0 Å². The summed E-state index contributed by atoms with van der Waals surface area (Å²) in [6.45, 7) is 0.568. The summed E-state index contributed by atoms with van der Waals surface area (Å²) >= 11 is 5.99. The normalized spacial score (nSPS) is 20.9. The van der Waals surface area contributed by atoms with E-state index in [-0.39, 0.29) is 11.3 Å². The average molecular weight is 236 g/mol. The van der Waals surface area contributed by atoms with Gasteiger partial charge in [0.2, 0.25) is 5.91 Å². The summed E-state index contributed by atoms with van der Waals surface area (Å²) in [7, 11) is 0. The molecule has 4 nitrogen and oxygen atoms in total. The van der Waals surface area contributed by atoms with Crippen molar-refractivity contribution in [2.75, 3.05) is 11.4 Å². The fourth-order valence-corrected chi connectivity index (χ4v) is 2.35. The summed E-state index contributed by atoms with van der Waals surface area (Å²) < 4.78 is 0. The Bertz CT molecular complexity index is 551. The van der Waals surface area contributed by atoms with E-state index in [9.17, 15) is 4.79 Å². The summed E-state index contributed by atoms with van der Waals surface area (Å²) in [5.74, 6) is 0.0714. The van der Waals surface area contributed by atoms with Crippen LogP contribution in [0.5, 0.6) is 0 Å². The maximum atomic E-state index is 11.8. The molecule has 1 amide bonds. The first-order valence-corrected chi connectivity index (χ1v) is 5.56. The van der Waals surface area contributed by atoms with Crippen LogP contribution in [-0.2, 0) is 4.79 Å². The molecule has 1 aromatic carbocycles. The number of nitrogens with one attached hydrogen (secondary N) is 1. The minimum Gasteiger partial charge on any atom is -0.309 e. The Hall–Kier alpha value is -1.55. The highest BCUT2D eigenvalue weighted by molar-refractivity contribution is 6.24. The van der Waals surface area contributed by atoms with Gasteiger partial charge in [0.05, 0.1) is 22.8 Å². The second-order valence-electron chi connectivity index (χ2n) is 3.92. The Labute approximate surface area is 97.2 Å². The standard InChI is InChI=1S/C11H10ClN3O/c12-8-4-10(16)15(6-8)9-3-1-2-7-5-13-14-11(7)9/h1-3,5,8H,4,6H2,(H,13,14). The zero-order valence-electron chi connectivity index (χ0n) is 8.48. The monoisotopic (exact) mass is 235 g/mol. The van der Waals surface area contributed by atoms with E-state index in [0.717, 1.165) is 16.6 Å². The largest absolute Gasteiger partial charge is 0.309 e. The van der Waals surface area contributed by atoms with Gasteiger partial charge in [0.15, 0.2) is 0 Å². The third-order valence-corrected chi connectivity index (χ3v) is 3.12. The van der Waals surface area contributed by atoms with E-state index in [1.165, 1.54) is 0 Å². The van der Waals surface area contributed by atoms with Crippen LogP contribution < -0.4 is 4.90 Å². The van der Waals surface area contributed by atoms with E-state index < -0.39 is 0 Å². The summed E-state index contributed by atoms with van der Waals surface area (Å²) in [4.78, 5) is 13.5. The van der Waals surface area contributed by atoms with Gasteiger partial charge in [-0.05, 0) is 6.07 Å². The first kappa shape index (κ1) is 9.66. The summed E-state index contributed by atoms with van der Waals surface area (Å²) in [6.07, 6.45) is 2.16. The number of carbonyl (C=O) groups is 1. The van der Waals surface area contributed by atoms with Crippen LogP contribution in [0.25, 0.3) is 10.9 Å². The Morgan fingerprint density at radius 2 is 2.38 bits per heavy atom. The Morgan fingerprint density at radius 3 is 3.12 bits per heavy atom. The number of hydrogen-bond donors (Lipinski definition) is 1. The van der Waals surface area contributed by atoms with Gasteiger partial charge >= 0.3 is 0 Å². The molecule has 0 spiro atoms. The van der Waals surface area contributed by atoms with E-state index in [2.05, 4.69) is 10.2 Å². The predicted octanol–water partition coefficient (Wildman–Crippen LogP) is 1.91. The third kappa shape index (κ3) is 1.38. The van der Waals surface area contributed by atoms with Gasteiger partial charge in [-0.25, -0.2) is 0 Å². The number of aromatic nitrogens is 2. The number of fused-ring (bicyclic) bond motifs is 1. The molecule has 1 saturated heterocycles. The molecule has 82 valence electrons. The maximum absolute atomic E-state index is 11.8. The van der Waals surface area contributed by atoms with Crippen molar-refractivity contribution in [2.24, 2.45) is 0 Å². The lowest BCUT2D eigenvalue weighted by atomic mass is 10.2. The van der Waals surface area contributed by atoms with Gasteiger partial charge in [0, 0.05) is 18.4 Å².